The molecule has 0 bridgehead atoms. The fraction of sp³-hybridized carbons (Fsp3) is 0. The maximum Gasteiger partial charge on any atom is 0.263 e. The zero-order valence-corrected chi connectivity index (χ0v) is 12.5. The second-order valence-electron chi connectivity index (χ2n) is 5.14. The highest BCUT2D eigenvalue weighted by atomic mass is 16.4. The summed E-state index contributed by atoms with van der Waals surface area (Å²) < 4.78 is 11.3. The van der Waals surface area contributed by atoms with Crippen molar-refractivity contribution in [2.24, 2.45) is 0 Å². The second-order valence-corrected chi connectivity index (χ2v) is 5.14. The van der Waals surface area contributed by atoms with Gasteiger partial charge < -0.3 is 8.83 Å². The van der Waals surface area contributed by atoms with E-state index >= 15 is 0 Å². The lowest BCUT2D eigenvalue weighted by Crippen LogP contribution is -1.96. The van der Waals surface area contributed by atoms with E-state index in [4.69, 9.17) is 8.83 Å². The number of hydrogen-bond donors (Lipinski definition) is 0. The van der Waals surface area contributed by atoms with Crippen LogP contribution in [0.3, 0.4) is 0 Å². The number of nitrogens with zero attached hydrogens (tertiary/aromatic N) is 2. The molecular formula is C19H12N2O3. The first-order valence-corrected chi connectivity index (χ1v) is 7.36. The number of ketones is 1. The van der Waals surface area contributed by atoms with Crippen molar-refractivity contribution in [3.63, 3.8) is 0 Å². The molecule has 116 valence electrons. The van der Waals surface area contributed by atoms with E-state index in [0.717, 1.165) is 11.1 Å². The lowest BCUT2D eigenvalue weighted by molar-refractivity contribution is 0.0985. The van der Waals surface area contributed by atoms with Crippen molar-refractivity contribution in [1.29, 1.82) is 0 Å². The van der Waals surface area contributed by atoms with Gasteiger partial charge in [0.15, 0.2) is 11.5 Å². The van der Waals surface area contributed by atoms with Crippen LogP contribution in [0.1, 0.15) is 16.3 Å². The van der Waals surface area contributed by atoms with Gasteiger partial charge in [-0.15, -0.1) is 0 Å². The summed E-state index contributed by atoms with van der Waals surface area (Å²) in [6.45, 7) is 0. The van der Waals surface area contributed by atoms with Crippen molar-refractivity contribution in [2.75, 3.05) is 0 Å². The van der Waals surface area contributed by atoms with Crippen LogP contribution in [0, 0.1) is 0 Å². The largest absolute Gasteiger partial charge is 0.452 e. The van der Waals surface area contributed by atoms with E-state index in [1.165, 1.54) is 0 Å². The summed E-state index contributed by atoms with van der Waals surface area (Å²) in [7, 11) is 0. The normalized spacial score (nSPS) is 10.7. The Morgan fingerprint density at radius 3 is 1.62 bits per heavy atom. The summed E-state index contributed by atoms with van der Waals surface area (Å²) in [4.78, 5) is 20.6. The monoisotopic (exact) mass is 316 g/mol. The minimum Gasteiger partial charge on any atom is -0.452 e. The predicted molar refractivity (Wildman–Crippen MR) is 87.3 cm³/mol. The van der Waals surface area contributed by atoms with Crippen molar-refractivity contribution in [3.8, 4) is 22.6 Å². The summed E-state index contributed by atoms with van der Waals surface area (Å²) in [5, 5.41) is 0. The van der Waals surface area contributed by atoms with Gasteiger partial charge in [-0.1, -0.05) is 0 Å². The molecule has 0 radical (unpaired) electrons. The lowest BCUT2D eigenvalue weighted by atomic mass is 10.2. The number of aromatic nitrogens is 2. The van der Waals surface area contributed by atoms with Crippen molar-refractivity contribution < 1.29 is 13.6 Å². The van der Waals surface area contributed by atoms with Gasteiger partial charge >= 0.3 is 0 Å². The predicted octanol–water partition coefficient (Wildman–Crippen LogP) is 4.23. The van der Waals surface area contributed by atoms with Crippen LogP contribution in [-0.4, -0.2) is 15.8 Å². The fourth-order valence-electron chi connectivity index (χ4n) is 2.37. The van der Waals surface area contributed by atoms with Crippen LogP contribution < -0.4 is 0 Å². The molecule has 0 unspecified atom stereocenters. The molecule has 0 atom stereocenters. The molecule has 0 aliphatic rings. The topological polar surface area (TPSA) is 69.1 Å². The third-order valence-corrected chi connectivity index (χ3v) is 3.55. The van der Waals surface area contributed by atoms with Crippen LogP contribution >= 0.6 is 0 Å². The summed E-state index contributed by atoms with van der Waals surface area (Å²) in [6, 6.07) is 14.1. The molecule has 0 aliphatic heterocycles. The third-order valence-electron chi connectivity index (χ3n) is 3.55. The molecule has 0 amide bonds. The van der Waals surface area contributed by atoms with E-state index in [9.17, 15) is 4.79 Å². The number of carbonyl (C=O) groups is 1. The molecule has 0 aliphatic carbocycles. The molecule has 4 aromatic rings. The van der Waals surface area contributed by atoms with E-state index < -0.39 is 0 Å². The fourth-order valence-corrected chi connectivity index (χ4v) is 2.37. The van der Waals surface area contributed by atoms with E-state index in [0.29, 0.717) is 11.5 Å². The Labute approximate surface area is 137 Å². The minimum atomic E-state index is -0.305. The summed E-state index contributed by atoms with van der Waals surface area (Å²) >= 11 is 0. The maximum absolute atomic E-state index is 12.5. The number of hydrogen-bond acceptors (Lipinski definition) is 5. The molecule has 0 aromatic carbocycles. The van der Waals surface area contributed by atoms with Crippen molar-refractivity contribution in [2.45, 2.75) is 0 Å². The van der Waals surface area contributed by atoms with Gasteiger partial charge in [-0.05, 0) is 48.5 Å². The molecule has 0 fully saturated rings. The number of pyridine rings is 2. The SMILES string of the molecule is O=C(c1ccc(-c2cccnc2)o1)c1ccc(-c2cccnc2)o1. The van der Waals surface area contributed by atoms with Gasteiger partial charge in [0.25, 0.3) is 5.78 Å². The second kappa shape index (κ2) is 5.96. The van der Waals surface area contributed by atoms with Gasteiger partial charge in [0, 0.05) is 35.9 Å². The van der Waals surface area contributed by atoms with Gasteiger partial charge in [-0.3, -0.25) is 14.8 Å². The van der Waals surface area contributed by atoms with Crippen molar-refractivity contribution in [1.82, 2.24) is 9.97 Å². The Morgan fingerprint density at radius 2 is 1.21 bits per heavy atom. The summed E-state index contributed by atoms with van der Waals surface area (Å²) in [5.41, 5.74) is 1.62. The van der Waals surface area contributed by atoms with Crippen molar-refractivity contribution in [3.05, 3.63) is 84.8 Å². The Morgan fingerprint density at radius 1 is 0.708 bits per heavy atom. The van der Waals surface area contributed by atoms with Crippen LogP contribution in [0.25, 0.3) is 22.6 Å². The first kappa shape index (κ1) is 14.1. The highest BCUT2D eigenvalue weighted by Gasteiger charge is 2.18. The van der Waals surface area contributed by atoms with E-state index in [1.54, 1.807) is 49.1 Å². The molecule has 0 saturated heterocycles. The average Bonchev–Trinajstić information content (AvgIpc) is 3.33. The van der Waals surface area contributed by atoms with Crippen LogP contribution in [0.5, 0.6) is 0 Å². The zero-order valence-electron chi connectivity index (χ0n) is 12.5. The molecule has 5 nitrogen and oxygen atoms in total. The standard InChI is InChI=1S/C19H12N2O3/c22-19(17-7-5-15(23-17)13-3-1-9-20-11-13)18-8-6-16(24-18)14-4-2-10-21-12-14/h1-12H. The van der Waals surface area contributed by atoms with Gasteiger partial charge in [0.1, 0.15) is 11.5 Å². The Bertz CT molecular complexity index is 892. The molecule has 4 rings (SSSR count). The van der Waals surface area contributed by atoms with E-state index in [2.05, 4.69) is 9.97 Å². The highest BCUT2D eigenvalue weighted by molar-refractivity contribution is 6.05. The van der Waals surface area contributed by atoms with Crippen LogP contribution in [0.15, 0.2) is 82.2 Å². The van der Waals surface area contributed by atoms with E-state index in [1.807, 2.05) is 24.3 Å². The molecule has 0 N–H and O–H groups in total. The number of rotatable bonds is 4. The zero-order chi connectivity index (χ0) is 16.4. The van der Waals surface area contributed by atoms with Gasteiger partial charge in [0.05, 0.1) is 0 Å². The van der Waals surface area contributed by atoms with Gasteiger partial charge in [-0.2, -0.15) is 0 Å². The quantitative estimate of drug-likeness (QED) is 0.527. The number of furan rings is 2. The molecule has 4 heterocycles. The Kier molecular flexibility index (Phi) is 3.51. The first-order valence-electron chi connectivity index (χ1n) is 7.36. The van der Waals surface area contributed by atoms with Crippen LogP contribution in [0.2, 0.25) is 0 Å². The molecule has 0 saturated carbocycles. The maximum atomic E-state index is 12.5. The molecule has 0 spiro atoms. The third kappa shape index (κ3) is 2.63. The molecule has 5 heteroatoms. The summed E-state index contributed by atoms with van der Waals surface area (Å²) in [6.07, 6.45) is 6.73. The Hall–Kier alpha value is -3.47. The molecular weight excluding hydrogens is 304 g/mol. The van der Waals surface area contributed by atoms with Crippen molar-refractivity contribution >= 4 is 5.78 Å². The number of carbonyl (C=O) groups excluding carboxylic acids is 1. The first-order chi connectivity index (χ1) is 11.8. The smallest absolute Gasteiger partial charge is 0.263 e. The van der Waals surface area contributed by atoms with Crippen LogP contribution in [-0.2, 0) is 0 Å². The van der Waals surface area contributed by atoms with Crippen LogP contribution in [0.4, 0.5) is 0 Å². The van der Waals surface area contributed by atoms with E-state index in [-0.39, 0.29) is 17.3 Å². The Balaban J connectivity index is 1.61. The highest BCUT2D eigenvalue weighted by Crippen LogP contribution is 2.25. The van der Waals surface area contributed by atoms with Gasteiger partial charge in [0.2, 0.25) is 0 Å². The summed E-state index contributed by atoms with van der Waals surface area (Å²) in [5.74, 6) is 1.32. The average molecular weight is 316 g/mol. The minimum absolute atomic E-state index is 0.223. The lowest BCUT2D eigenvalue weighted by Gasteiger charge is -1.97. The molecule has 4 aromatic heterocycles. The molecule has 24 heavy (non-hydrogen) atoms. The van der Waals surface area contributed by atoms with Gasteiger partial charge in [-0.25, -0.2) is 0 Å².